The van der Waals surface area contributed by atoms with Crippen molar-refractivity contribution in [3.8, 4) is 0 Å². The minimum absolute atomic E-state index is 0.250. The highest BCUT2D eigenvalue weighted by molar-refractivity contribution is 5.76. The SMILES string of the molecule is CCCCCCCCCCCCCCCCCCCCCCCCCCCC/C=C/C(O)C(COC1OC(CO)C(OC2OC(CO)C(OC3OC(CO)C(O)C(O)C3O)C(O)C2O)C(O)C1O)NC(=O)CCCCCCCCCCCCCCCCCCCCCCCCCCCCCCC. The Morgan fingerprint density at radius 1 is 0.343 bits per heavy atom. The topological polar surface area (TPSA) is 307 Å². The number of carbonyl (C=O) groups is 1. The number of nitrogens with one attached hydrogen (secondary N) is 1. The Morgan fingerprint density at radius 2 is 0.608 bits per heavy atom. The van der Waals surface area contributed by atoms with E-state index in [1.54, 1.807) is 6.08 Å². The van der Waals surface area contributed by atoms with E-state index >= 15 is 0 Å². The second-order valence-electron chi connectivity index (χ2n) is 31.0. The molecule has 17 atom stereocenters. The molecule has 0 aromatic heterocycles. The first-order valence-corrected chi connectivity index (χ1v) is 42.9. The van der Waals surface area contributed by atoms with E-state index in [0.717, 1.165) is 44.9 Å². The third-order valence-corrected chi connectivity index (χ3v) is 21.8. The Bertz CT molecular complexity index is 1890. The van der Waals surface area contributed by atoms with Gasteiger partial charge >= 0.3 is 0 Å². The van der Waals surface area contributed by atoms with Crippen LogP contribution in [0.3, 0.4) is 0 Å². The number of carbonyl (C=O) groups excluding carboxylic acids is 1. The Kier molecular flexibility index (Phi) is 59.8. The van der Waals surface area contributed by atoms with Crippen molar-refractivity contribution in [2.75, 3.05) is 26.4 Å². The molecule has 19 nitrogen and oxygen atoms in total. The highest BCUT2D eigenvalue weighted by Crippen LogP contribution is 2.34. The van der Waals surface area contributed by atoms with Gasteiger partial charge in [-0.25, -0.2) is 0 Å². The van der Waals surface area contributed by atoms with Gasteiger partial charge in [0.25, 0.3) is 0 Å². The van der Waals surface area contributed by atoms with E-state index in [1.165, 1.54) is 308 Å². The number of ether oxygens (including phenoxy) is 6. The Labute approximate surface area is 620 Å². The van der Waals surface area contributed by atoms with Gasteiger partial charge in [0.15, 0.2) is 18.9 Å². The maximum atomic E-state index is 13.5. The molecule has 3 fully saturated rings. The molecule has 3 heterocycles. The van der Waals surface area contributed by atoms with Crippen LogP contribution in [0.1, 0.15) is 380 Å². The molecule has 3 saturated heterocycles. The summed E-state index contributed by atoms with van der Waals surface area (Å²) in [5.41, 5.74) is 0. The van der Waals surface area contributed by atoms with Crippen molar-refractivity contribution in [2.24, 2.45) is 0 Å². The van der Waals surface area contributed by atoms with E-state index in [9.17, 15) is 61.0 Å². The molecule has 19 heteroatoms. The minimum atomic E-state index is -1.98. The van der Waals surface area contributed by atoms with Gasteiger partial charge in [-0.1, -0.05) is 366 Å². The number of unbranched alkanes of at least 4 members (excludes halogenated alkanes) is 54. The largest absolute Gasteiger partial charge is 0.394 e. The Morgan fingerprint density at radius 3 is 0.922 bits per heavy atom. The molecule has 0 saturated carbocycles. The molecule has 17 unspecified atom stereocenters. The monoisotopic (exact) mass is 1460 g/mol. The summed E-state index contributed by atoms with van der Waals surface area (Å²) in [5, 5.41) is 121. The molecule has 12 N–H and O–H groups in total. The zero-order valence-corrected chi connectivity index (χ0v) is 64.9. The molecule has 0 aliphatic carbocycles. The normalized spacial score (nSPS) is 26.1. The van der Waals surface area contributed by atoms with Crippen molar-refractivity contribution in [1.82, 2.24) is 5.32 Å². The van der Waals surface area contributed by atoms with Crippen LogP contribution in [0, 0.1) is 0 Å². The average molecular weight is 1460 g/mol. The summed E-state index contributed by atoms with van der Waals surface area (Å²) in [7, 11) is 0. The third-order valence-electron chi connectivity index (χ3n) is 21.8. The van der Waals surface area contributed by atoms with Gasteiger partial charge in [-0.2, -0.15) is 0 Å². The Balaban J connectivity index is 1.35. The van der Waals surface area contributed by atoms with Crippen LogP contribution >= 0.6 is 0 Å². The first kappa shape index (κ1) is 94.7. The lowest BCUT2D eigenvalue weighted by Gasteiger charge is -2.48. The molecule has 3 rings (SSSR count). The molecule has 0 spiro atoms. The van der Waals surface area contributed by atoms with E-state index in [0.29, 0.717) is 6.42 Å². The summed E-state index contributed by atoms with van der Waals surface area (Å²) in [5.74, 6) is -0.265. The fourth-order valence-electron chi connectivity index (χ4n) is 15.0. The second-order valence-corrected chi connectivity index (χ2v) is 31.0. The molecule has 0 aromatic rings. The van der Waals surface area contributed by atoms with Crippen molar-refractivity contribution >= 4 is 5.91 Å². The molecule has 3 aliphatic heterocycles. The standard InChI is InChI=1S/C83H159NO18/c1-3-5-7-9-11-13-15-17-19-21-23-25-27-29-31-33-35-37-39-41-43-45-47-49-51-53-55-57-59-61-71(89)84-66(67(88)60-58-56-54-52-50-48-46-44-42-40-38-36-34-32-30-28-26-24-22-20-18-16-14-12-10-8-6-4-2)65-97-81-77(95)74(92)79(69(63-86)99-81)102-83-78(96)75(93)80(70(64-87)100-83)101-82-76(94)73(91)72(90)68(62-85)98-82/h58,60,66-70,72-83,85-88,90-96H,3-57,59,61-65H2,1-2H3,(H,84,89)/b60-58+. The summed E-state index contributed by atoms with van der Waals surface area (Å²) in [6, 6.07) is -0.971. The number of allylic oxidation sites excluding steroid dienone is 1. The quantitative estimate of drug-likeness (QED) is 0.0199. The molecular formula is C83H159NO18. The highest BCUT2D eigenvalue weighted by atomic mass is 16.8. The van der Waals surface area contributed by atoms with Gasteiger partial charge in [0.2, 0.25) is 5.91 Å². The highest BCUT2D eigenvalue weighted by Gasteiger charge is 2.54. The van der Waals surface area contributed by atoms with Crippen LogP contribution in [0.15, 0.2) is 12.2 Å². The first-order valence-electron chi connectivity index (χ1n) is 42.9. The molecule has 3 aliphatic rings. The van der Waals surface area contributed by atoms with E-state index in [4.69, 9.17) is 28.4 Å². The molecule has 102 heavy (non-hydrogen) atoms. The van der Waals surface area contributed by atoms with E-state index < -0.39 is 124 Å². The number of aliphatic hydroxyl groups is 11. The zero-order chi connectivity index (χ0) is 73.9. The molecule has 1 amide bonds. The van der Waals surface area contributed by atoms with Gasteiger partial charge in [-0.15, -0.1) is 0 Å². The first-order chi connectivity index (χ1) is 49.8. The van der Waals surface area contributed by atoms with Crippen LogP contribution in [0.5, 0.6) is 0 Å². The molecule has 0 bridgehead atoms. The van der Waals surface area contributed by atoms with Crippen LogP contribution in [0.4, 0.5) is 0 Å². The summed E-state index contributed by atoms with van der Waals surface area (Å²) in [6.45, 7) is 1.82. The predicted molar refractivity (Wildman–Crippen MR) is 407 cm³/mol. The van der Waals surface area contributed by atoms with Crippen molar-refractivity contribution < 1.29 is 89.4 Å². The Hall–Kier alpha value is -1.47. The number of rotatable bonds is 70. The number of hydrogen-bond donors (Lipinski definition) is 12. The molecule has 604 valence electrons. The maximum Gasteiger partial charge on any atom is 0.220 e. The van der Waals surface area contributed by atoms with Gasteiger partial charge < -0.3 is 89.9 Å². The summed E-state index contributed by atoms with van der Waals surface area (Å²) in [4.78, 5) is 13.5. The van der Waals surface area contributed by atoms with Gasteiger partial charge in [0.1, 0.15) is 73.2 Å². The maximum absolute atomic E-state index is 13.5. The lowest BCUT2D eigenvalue weighted by atomic mass is 9.96. The molecule has 0 aromatic carbocycles. The lowest BCUT2D eigenvalue weighted by molar-refractivity contribution is -0.379. The van der Waals surface area contributed by atoms with E-state index in [2.05, 4.69) is 19.2 Å². The number of amides is 1. The average Bonchev–Trinajstić information content (AvgIpc) is 0.781. The van der Waals surface area contributed by atoms with E-state index in [1.807, 2.05) is 6.08 Å². The van der Waals surface area contributed by atoms with Gasteiger partial charge in [0, 0.05) is 6.42 Å². The predicted octanol–water partition coefficient (Wildman–Crippen LogP) is 15.1. The minimum Gasteiger partial charge on any atom is -0.394 e. The van der Waals surface area contributed by atoms with Crippen molar-refractivity contribution in [2.45, 2.75) is 484 Å². The fourth-order valence-corrected chi connectivity index (χ4v) is 15.0. The lowest BCUT2D eigenvalue weighted by Crippen LogP contribution is -2.66. The van der Waals surface area contributed by atoms with Crippen LogP contribution in [0.25, 0.3) is 0 Å². The zero-order valence-electron chi connectivity index (χ0n) is 64.9. The molecular weight excluding hydrogens is 1300 g/mol. The fraction of sp³-hybridized carbons (Fsp3) is 0.964. The smallest absolute Gasteiger partial charge is 0.220 e. The van der Waals surface area contributed by atoms with Crippen LogP contribution < -0.4 is 5.32 Å². The van der Waals surface area contributed by atoms with Gasteiger partial charge in [-0.3, -0.25) is 4.79 Å². The molecule has 0 radical (unpaired) electrons. The summed E-state index contributed by atoms with van der Waals surface area (Å²) in [6.07, 6.45) is 50.7. The van der Waals surface area contributed by atoms with Crippen molar-refractivity contribution in [1.29, 1.82) is 0 Å². The third kappa shape index (κ3) is 43.7. The van der Waals surface area contributed by atoms with Crippen LogP contribution in [-0.4, -0.2) is 193 Å². The van der Waals surface area contributed by atoms with Crippen LogP contribution in [0.2, 0.25) is 0 Å². The van der Waals surface area contributed by atoms with Gasteiger partial charge in [0.05, 0.1) is 38.6 Å². The summed E-state index contributed by atoms with van der Waals surface area (Å²) >= 11 is 0. The van der Waals surface area contributed by atoms with Crippen molar-refractivity contribution in [3.05, 3.63) is 12.2 Å². The number of hydrogen-bond acceptors (Lipinski definition) is 18. The number of aliphatic hydroxyl groups excluding tert-OH is 11. The summed E-state index contributed by atoms with van der Waals surface area (Å²) < 4.78 is 34.5. The second kappa shape index (κ2) is 64.4. The van der Waals surface area contributed by atoms with Gasteiger partial charge in [-0.05, 0) is 19.3 Å². The van der Waals surface area contributed by atoms with Crippen molar-refractivity contribution in [3.63, 3.8) is 0 Å². The van der Waals surface area contributed by atoms with Crippen LogP contribution in [-0.2, 0) is 33.2 Å². The van der Waals surface area contributed by atoms with E-state index in [-0.39, 0.29) is 18.9 Å².